The van der Waals surface area contributed by atoms with Gasteiger partial charge in [-0.2, -0.15) is 0 Å². The van der Waals surface area contributed by atoms with Gasteiger partial charge in [0.05, 0.1) is 18.0 Å². The maximum atomic E-state index is 10.4. The number of nitrogens with zero attached hydrogens (tertiary/aromatic N) is 3. The molecule has 0 saturated heterocycles. The highest BCUT2D eigenvalue weighted by Gasteiger charge is 2.42. The van der Waals surface area contributed by atoms with Crippen molar-refractivity contribution in [2.75, 3.05) is 0 Å². The van der Waals surface area contributed by atoms with Gasteiger partial charge in [0.25, 0.3) is 0 Å². The van der Waals surface area contributed by atoms with Gasteiger partial charge in [0, 0.05) is 18.3 Å². The molecule has 0 radical (unpaired) electrons. The smallest absolute Gasteiger partial charge is 0.186 e. The van der Waals surface area contributed by atoms with Crippen LogP contribution in [0.15, 0.2) is 24.9 Å². The monoisotopic (exact) mass is 237 g/mol. The number of rotatable bonds is 2. The summed E-state index contributed by atoms with van der Waals surface area (Å²) in [4.78, 5) is 8.24. The maximum absolute atomic E-state index is 10.4. The van der Waals surface area contributed by atoms with E-state index in [9.17, 15) is 5.11 Å². The molecule has 16 heavy (non-hydrogen) atoms. The fourth-order valence-corrected chi connectivity index (χ4v) is 2.46. The summed E-state index contributed by atoms with van der Waals surface area (Å²) in [6.45, 7) is 0. The molecule has 0 spiro atoms. The molecular weight excluding hydrogens is 226 g/mol. The summed E-state index contributed by atoms with van der Waals surface area (Å²) in [5, 5.41) is 9.00. The van der Waals surface area contributed by atoms with Crippen LogP contribution in [0.2, 0.25) is 0 Å². The van der Waals surface area contributed by atoms with Gasteiger partial charge in [0.15, 0.2) is 5.06 Å². The third-order valence-electron chi connectivity index (χ3n) is 3.32. The minimum Gasteiger partial charge on any atom is -0.369 e. The molecule has 84 valence electrons. The Morgan fingerprint density at radius 1 is 1.50 bits per heavy atom. The van der Waals surface area contributed by atoms with Crippen molar-refractivity contribution in [2.45, 2.75) is 24.3 Å². The number of fused-ring (bicyclic) bond motifs is 1. The maximum Gasteiger partial charge on any atom is 0.186 e. The van der Waals surface area contributed by atoms with Crippen LogP contribution in [0.1, 0.15) is 25.0 Å². The molecule has 0 aliphatic heterocycles. The second-order valence-corrected chi connectivity index (χ2v) is 4.84. The fourth-order valence-electron chi connectivity index (χ4n) is 2.10. The highest BCUT2D eigenvalue weighted by molar-refractivity contribution is 6.23. The van der Waals surface area contributed by atoms with Crippen LogP contribution in [0, 0.1) is 5.92 Å². The molecule has 3 rings (SSSR count). The van der Waals surface area contributed by atoms with Crippen molar-refractivity contribution in [3.05, 3.63) is 30.6 Å². The first-order valence-corrected chi connectivity index (χ1v) is 5.76. The summed E-state index contributed by atoms with van der Waals surface area (Å²) < 4.78 is 1.81. The van der Waals surface area contributed by atoms with Gasteiger partial charge in [0.2, 0.25) is 0 Å². The number of alkyl halides is 1. The molecule has 1 atom stereocenters. The van der Waals surface area contributed by atoms with Crippen LogP contribution in [0.5, 0.6) is 0 Å². The van der Waals surface area contributed by atoms with Crippen molar-refractivity contribution in [1.29, 1.82) is 0 Å². The van der Waals surface area contributed by atoms with Crippen LogP contribution in [0.3, 0.4) is 0 Å². The van der Waals surface area contributed by atoms with E-state index in [1.165, 1.54) is 0 Å². The minimum absolute atomic E-state index is 0.105. The van der Waals surface area contributed by atoms with E-state index in [-0.39, 0.29) is 5.92 Å². The fraction of sp³-hybridized carbons (Fsp3) is 0.455. The minimum atomic E-state index is -1.35. The molecule has 5 heteroatoms. The summed E-state index contributed by atoms with van der Waals surface area (Å²) >= 11 is 6.24. The van der Waals surface area contributed by atoms with E-state index in [4.69, 9.17) is 11.6 Å². The van der Waals surface area contributed by atoms with Crippen molar-refractivity contribution in [2.24, 2.45) is 5.92 Å². The Balaban J connectivity index is 2.11. The molecule has 1 unspecified atom stereocenters. The topological polar surface area (TPSA) is 50.4 Å². The second kappa shape index (κ2) is 3.43. The Hall–Kier alpha value is -1.13. The van der Waals surface area contributed by atoms with Crippen LogP contribution in [0.25, 0.3) is 5.52 Å². The zero-order valence-electron chi connectivity index (χ0n) is 8.67. The zero-order valence-corrected chi connectivity index (χ0v) is 9.43. The molecule has 1 aliphatic rings. The van der Waals surface area contributed by atoms with Crippen LogP contribution in [0.4, 0.5) is 0 Å². The van der Waals surface area contributed by atoms with Gasteiger partial charge in [-0.1, -0.05) is 18.0 Å². The van der Waals surface area contributed by atoms with Gasteiger partial charge in [-0.05, 0) is 12.8 Å². The normalized spacial score (nSPS) is 20.6. The molecule has 1 saturated carbocycles. The Labute approximate surface area is 97.9 Å². The first kappa shape index (κ1) is 10.1. The summed E-state index contributed by atoms with van der Waals surface area (Å²) in [5.41, 5.74) is 1.29. The van der Waals surface area contributed by atoms with Crippen molar-refractivity contribution >= 4 is 17.1 Å². The lowest BCUT2D eigenvalue weighted by molar-refractivity contribution is 0.0177. The van der Waals surface area contributed by atoms with Crippen molar-refractivity contribution < 1.29 is 5.11 Å². The highest BCUT2D eigenvalue weighted by atomic mass is 35.5. The average molecular weight is 238 g/mol. The number of halogens is 1. The Kier molecular flexibility index (Phi) is 2.16. The predicted molar refractivity (Wildman–Crippen MR) is 60.1 cm³/mol. The van der Waals surface area contributed by atoms with E-state index in [0.29, 0.717) is 5.69 Å². The SMILES string of the molecule is OC(Cl)(c1ncn2ccncc12)C1CCC1. The van der Waals surface area contributed by atoms with Crippen molar-refractivity contribution in [1.82, 2.24) is 14.4 Å². The number of aliphatic hydroxyl groups is 1. The van der Waals surface area contributed by atoms with Crippen LogP contribution in [-0.4, -0.2) is 19.5 Å². The lowest BCUT2D eigenvalue weighted by atomic mass is 9.79. The highest BCUT2D eigenvalue weighted by Crippen LogP contribution is 2.45. The molecule has 1 N–H and O–H groups in total. The summed E-state index contributed by atoms with van der Waals surface area (Å²) in [7, 11) is 0. The van der Waals surface area contributed by atoms with Gasteiger partial charge >= 0.3 is 0 Å². The number of hydrogen-bond acceptors (Lipinski definition) is 3. The summed E-state index contributed by atoms with van der Waals surface area (Å²) in [6, 6.07) is 0. The molecule has 1 aliphatic carbocycles. The van der Waals surface area contributed by atoms with Gasteiger partial charge < -0.3 is 9.51 Å². The zero-order chi connectivity index (χ0) is 11.2. The Bertz CT molecular complexity index is 519. The van der Waals surface area contributed by atoms with E-state index in [1.54, 1.807) is 24.9 Å². The van der Waals surface area contributed by atoms with E-state index >= 15 is 0 Å². The summed E-state index contributed by atoms with van der Waals surface area (Å²) in [5.74, 6) is 0.105. The van der Waals surface area contributed by atoms with Gasteiger partial charge in [0.1, 0.15) is 5.69 Å². The van der Waals surface area contributed by atoms with Crippen LogP contribution >= 0.6 is 11.6 Å². The number of hydrogen-bond donors (Lipinski definition) is 1. The predicted octanol–water partition coefficient (Wildman–Crippen LogP) is 1.91. The third-order valence-corrected chi connectivity index (χ3v) is 3.81. The van der Waals surface area contributed by atoms with Crippen LogP contribution < -0.4 is 0 Å². The first-order chi connectivity index (χ1) is 7.69. The third kappa shape index (κ3) is 1.33. The lowest BCUT2D eigenvalue weighted by Gasteiger charge is -2.35. The lowest BCUT2D eigenvalue weighted by Crippen LogP contribution is -2.34. The number of aromatic nitrogens is 3. The van der Waals surface area contributed by atoms with Crippen molar-refractivity contribution in [3.63, 3.8) is 0 Å². The molecule has 2 aromatic heterocycles. The van der Waals surface area contributed by atoms with E-state index in [1.807, 2.05) is 4.40 Å². The molecule has 2 aromatic rings. The molecule has 1 fully saturated rings. The second-order valence-electron chi connectivity index (χ2n) is 4.26. The Morgan fingerprint density at radius 2 is 2.31 bits per heavy atom. The molecule has 2 heterocycles. The van der Waals surface area contributed by atoms with Crippen LogP contribution in [-0.2, 0) is 5.06 Å². The first-order valence-electron chi connectivity index (χ1n) is 5.38. The van der Waals surface area contributed by atoms with Crippen molar-refractivity contribution in [3.8, 4) is 0 Å². The summed E-state index contributed by atoms with van der Waals surface area (Å²) in [6.07, 6.45) is 9.84. The molecule has 4 nitrogen and oxygen atoms in total. The molecule has 0 bridgehead atoms. The Morgan fingerprint density at radius 3 is 3.00 bits per heavy atom. The van der Waals surface area contributed by atoms with E-state index < -0.39 is 5.06 Å². The van der Waals surface area contributed by atoms with Gasteiger partial charge in [-0.3, -0.25) is 4.98 Å². The molecule has 0 aromatic carbocycles. The van der Waals surface area contributed by atoms with Gasteiger partial charge in [-0.25, -0.2) is 4.98 Å². The van der Waals surface area contributed by atoms with E-state index in [0.717, 1.165) is 24.8 Å². The number of imidazole rings is 1. The van der Waals surface area contributed by atoms with E-state index in [2.05, 4.69) is 9.97 Å². The quantitative estimate of drug-likeness (QED) is 0.812. The van der Waals surface area contributed by atoms with Gasteiger partial charge in [-0.15, -0.1) is 0 Å². The molecular formula is C11H12ClN3O. The molecule has 0 amide bonds. The standard InChI is InChI=1S/C11H12ClN3O/c12-11(16,8-2-1-3-8)10-9-6-13-4-5-15(9)7-14-10/h4-8,16H,1-3H2. The average Bonchev–Trinajstić information content (AvgIpc) is 2.57. The largest absolute Gasteiger partial charge is 0.369 e.